The van der Waals surface area contributed by atoms with Gasteiger partial charge in [0.15, 0.2) is 5.69 Å². The maximum atomic E-state index is 13.5. The number of rotatable bonds is 4. The van der Waals surface area contributed by atoms with Crippen LogP contribution in [0, 0.1) is 12.8 Å². The summed E-state index contributed by atoms with van der Waals surface area (Å²) in [6.07, 6.45) is 2.67. The van der Waals surface area contributed by atoms with E-state index < -0.39 is 5.92 Å². The van der Waals surface area contributed by atoms with Crippen molar-refractivity contribution < 1.29 is 18.7 Å². The van der Waals surface area contributed by atoms with Gasteiger partial charge in [-0.2, -0.15) is 5.10 Å². The van der Waals surface area contributed by atoms with Crippen LogP contribution in [0.1, 0.15) is 53.6 Å². The Morgan fingerprint density at radius 3 is 2.77 bits per heavy atom. The Hall–Kier alpha value is -2.39. The molecule has 2 aromatic rings. The van der Waals surface area contributed by atoms with E-state index in [1.165, 1.54) is 4.90 Å². The summed E-state index contributed by atoms with van der Waals surface area (Å²) in [5.41, 5.74) is 2.65. The molecule has 2 fully saturated rings. The van der Waals surface area contributed by atoms with Gasteiger partial charge in [-0.3, -0.25) is 9.78 Å². The van der Waals surface area contributed by atoms with E-state index in [1.807, 2.05) is 19.1 Å². The summed E-state index contributed by atoms with van der Waals surface area (Å²) in [6.45, 7) is 2.82. The van der Waals surface area contributed by atoms with E-state index in [9.17, 15) is 18.7 Å². The maximum Gasteiger partial charge on any atom is 0.274 e. The van der Waals surface area contributed by atoms with Gasteiger partial charge in [-0.15, -0.1) is 0 Å². The van der Waals surface area contributed by atoms with Crippen molar-refractivity contribution in [3.05, 3.63) is 41.5 Å². The van der Waals surface area contributed by atoms with Gasteiger partial charge >= 0.3 is 0 Å². The highest BCUT2D eigenvalue weighted by molar-refractivity contribution is 5.92. The number of nitrogens with zero attached hydrogens (tertiary/aromatic N) is 4. The maximum absolute atomic E-state index is 13.5. The van der Waals surface area contributed by atoms with Gasteiger partial charge in [-0.05, 0) is 50.4 Å². The van der Waals surface area contributed by atoms with Gasteiger partial charge in [0.1, 0.15) is 0 Å². The summed E-state index contributed by atoms with van der Waals surface area (Å²) in [6, 6.07) is 5.43. The van der Waals surface area contributed by atoms with Gasteiger partial charge in [0, 0.05) is 44.3 Å². The van der Waals surface area contributed by atoms with Crippen molar-refractivity contribution in [1.82, 2.24) is 25.0 Å². The molecule has 2 aliphatic rings. The third kappa shape index (κ3) is 4.37. The monoisotopic (exact) mass is 419 g/mol. The minimum absolute atomic E-state index is 0.0222. The van der Waals surface area contributed by atoms with Crippen LogP contribution in [0.25, 0.3) is 5.69 Å². The van der Waals surface area contributed by atoms with Crippen LogP contribution in [-0.2, 0) is 0 Å². The number of carbonyl (C=O) groups is 1. The van der Waals surface area contributed by atoms with Gasteiger partial charge in [0.05, 0.1) is 17.6 Å². The fourth-order valence-electron chi connectivity index (χ4n) is 4.13. The van der Waals surface area contributed by atoms with E-state index in [0.717, 1.165) is 36.5 Å². The second-order valence-corrected chi connectivity index (χ2v) is 8.25. The molecule has 7 nitrogen and oxygen atoms in total. The van der Waals surface area contributed by atoms with Crippen molar-refractivity contribution in [2.24, 2.45) is 5.92 Å². The highest BCUT2D eigenvalue weighted by Crippen LogP contribution is 2.31. The molecule has 2 aliphatic heterocycles. The molecule has 2 aromatic heterocycles. The molecule has 2 saturated heterocycles. The number of aromatic nitrogens is 3. The standard InChI is InChI=1S/C21H27F2N5O2/c1-14-2-3-16(12-25-14)28-19(17-10-15(13-29)4-7-24-17)11-18(26-28)20(30)27-8-5-21(22,23)6-9-27/h2-3,11-12,15,17,24,29H,4-10,13H2,1H3. The van der Waals surface area contributed by atoms with E-state index in [2.05, 4.69) is 15.4 Å². The minimum Gasteiger partial charge on any atom is -0.396 e. The van der Waals surface area contributed by atoms with Gasteiger partial charge in [0.2, 0.25) is 0 Å². The molecule has 2 unspecified atom stereocenters. The molecule has 4 rings (SSSR count). The first-order valence-electron chi connectivity index (χ1n) is 10.4. The van der Waals surface area contributed by atoms with Crippen LogP contribution in [-0.4, -0.2) is 62.8 Å². The Kier molecular flexibility index (Phi) is 5.84. The van der Waals surface area contributed by atoms with Crippen molar-refractivity contribution >= 4 is 5.91 Å². The van der Waals surface area contributed by atoms with Crippen molar-refractivity contribution in [3.63, 3.8) is 0 Å². The SMILES string of the molecule is Cc1ccc(-n2nc(C(=O)N3CCC(F)(F)CC3)cc2C2CC(CO)CCN2)cn1. The zero-order valence-electron chi connectivity index (χ0n) is 17.0. The lowest BCUT2D eigenvalue weighted by molar-refractivity contribution is -0.0495. The van der Waals surface area contributed by atoms with Crippen LogP contribution >= 0.6 is 0 Å². The lowest BCUT2D eigenvalue weighted by Crippen LogP contribution is -2.42. The molecule has 0 spiro atoms. The number of piperidine rings is 2. The summed E-state index contributed by atoms with van der Waals surface area (Å²) in [5, 5.41) is 17.6. The summed E-state index contributed by atoms with van der Waals surface area (Å²) in [5.74, 6) is -2.86. The predicted molar refractivity (Wildman–Crippen MR) is 107 cm³/mol. The number of hydrogen-bond acceptors (Lipinski definition) is 5. The van der Waals surface area contributed by atoms with Crippen molar-refractivity contribution in [1.29, 1.82) is 0 Å². The van der Waals surface area contributed by atoms with Gasteiger partial charge in [0.25, 0.3) is 11.8 Å². The first-order chi connectivity index (χ1) is 14.4. The molecule has 0 radical (unpaired) electrons. The largest absolute Gasteiger partial charge is 0.396 e. The number of likely N-dealkylation sites (tertiary alicyclic amines) is 1. The quantitative estimate of drug-likeness (QED) is 0.796. The molecular formula is C21H27F2N5O2. The lowest BCUT2D eigenvalue weighted by Gasteiger charge is -2.31. The molecule has 0 bridgehead atoms. The minimum atomic E-state index is -2.71. The van der Waals surface area contributed by atoms with Gasteiger partial charge < -0.3 is 15.3 Å². The molecule has 1 amide bonds. The smallest absolute Gasteiger partial charge is 0.274 e. The Balaban J connectivity index is 1.65. The lowest BCUT2D eigenvalue weighted by atomic mass is 9.91. The van der Waals surface area contributed by atoms with Crippen molar-refractivity contribution in [2.75, 3.05) is 26.2 Å². The topological polar surface area (TPSA) is 83.3 Å². The van der Waals surface area contributed by atoms with Crippen LogP contribution in [0.2, 0.25) is 0 Å². The van der Waals surface area contributed by atoms with E-state index >= 15 is 0 Å². The van der Waals surface area contributed by atoms with E-state index in [0.29, 0.717) is 0 Å². The second-order valence-electron chi connectivity index (χ2n) is 8.25. The van der Waals surface area contributed by atoms with Crippen molar-refractivity contribution in [2.45, 2.75) is 44.6 Å². The van der Waals surface area contributed by atoms with Crippen LogP contribution in [0.4, 0.5) is 8.78 Å². The highest BCUT2D eigenvalue weighted by atomic mass is 19.3. The molecule has 0 aromatic carbocycles. The Labute approximate surface area is 174 Å². The third-order valence-corrected chi connectivity index (χ3v) is 6.01. The summed E-state index contributed by atoms with van der Waals surface area (Å²) in [4.78, 5) is 18.8. The molecule has 0 aliphatic carbocycles. The first kappa shape index (κ1) is 20.9. The first-order valence-corrected chi connectivity index (χ1v) is 10.4. The normalized spacial score (nSPS) is 24.1. The zero-order valence-corrected chi connectivity index (χ0v) is 17.0. The van der Waals surface area contributed by atoms with E-state index in [-0.39, 0.29) is 56.1 Å². The molecule has 9 heteroatoms. The van der Waals surface area contributed by atoms with E-state index in [1.54, 1.807) is 16.9 Å². The number of aryl methyl sites for hydroxylation is 1. The third-order valence-electron chi connectivity index (χ3n) is 6.01. The summed E-state index contributed by atoms with van der Waals surface area (Å²) in [7, 11) is 0. The fraction of sp³-hybridized carbons (Fsp3) is 0.571. The number of halogens is 2. The van der Waals surface area contributed by atoms with Gasteiger partial charge in [-0.25, -0.2) is 13.5 Å². The number of aliphatic hydroxyl groups excluding tert-OH is 1. The summed E-state index contributed by atoms with van der Waals surface area (Å²) < 4.78 is 28.7. The number of nitrogens with one attached hydrogen (secondary N) is 1. The second kappa shape index (κ2) is 8.39. The molecule has 30 heavy (non-hydrogen) atoms. The molecule has 0 saturated carbocycles. The zero-order chi connectivity index (χ0) is 21.3. The van der Waals surface area contributed by atoms with Crippen LogP contribution in [0.15, 0.2) is 24.4 Å². The number of hydrogen-bond donors (Lipinski definition) is 2. The predicted octanol–water partition coefficient (Wildman–Crippen LogP) is 2.48. The van der Waals surface area contributed by atoms with Crippen LogP contribution in [0.5, 0.6) is 0 Å². The van der Waals surface area contributed by atoms with Gasteiger partial charge in [-0.1, -0.05) is 0 Å². The average Bonchev–Trinajstić information content (AvgIpc) is 3.19. The number of aliphatic hydroxyl groups is 1. The van der Waals surface area contributed by atoms with E-state index in [4.69, 9.17) is 0 Å². The Bertz CT molecular complexity index is 889. The fourth-order valence-corrected chi connectivity index (χ4v) is 4.13. The molecule has 4 heterocycles. The number of pyridine rings is 1. The number of amides is 1. The number of carbonyl (C=O) groups excluding carboxylic acids is 1. The molecular weight excluding hydrogens is 392 g/mol. The van der Waals surface area contributed by atoms with Crippen LogP contribution in [0.3, 0.4) is 0 Å². The van der Waals surface area contributed by atoms with Crippen molar-refractivity contribution in [3.8, 4) is 5.69 Å². The summed E-state index contributed by atoms with van der Waals surface area (Å²) >= 11 is 0. The Morgan fingerprint density at radius 1 is 1.33 bits per heavy atom. The molecule has 2 atom stereocenters. The Morgan fingerprint density at radius 2 is 2.10 bits per heavy atom. The average molecular weight is 419 g/mol. The highest BCUT2D eigenvalue weighted by Gasteiger charge is 2.37. The van der Waals surface area contributed by atoms with Crippen LogP contribution < -0.4 is 5.32 Å². The molecule has 162 valence electrons. The molecule has 2 N–H and O–H groups in total. The number of alkyl halides is 2.